The van der Waals surface area contributed by atoms with Gasteiger partial charge in [0.15, 0.2) is 9.84 Å². The highest BCUT2D eigenvalue weighted by atomic mass is 32.2. The Hall–Kier alpha value is -0.870. The zero-order valence-electron chi connectivity index (χ0n) is 13.3. The number of sulfone groups is 1. The van der Waals surface area contributed by atoms with Crippen molar-refractivity contribution in [1.82, 2.24) is 5.32 Å². The van der Waals surface area contributed by atoms with Crippen molar-refractivity contribution in [1.29, 1.82) is 0 Å². The molecule has 21 heavy (non-hydrogen) atoms. The molecule has 0 heterocycles. The van der Waals surface area contributed by atoms with Crippen LogP contribution in [-0.2, 0) is 9.84 Å². The van der Waals surface area contributed by atoms with Crippen molar-refractivity contribution in [2.45, 2.75) is 50.5 Å². The van der Waals surface area contributed by atoms with E-state index in [1.165, 1.54) is 37.5 Å². The van der Waals surface area contributed by atoms with E-state index < -0.39 is 9.84 Å². The van der Waals surface area contributed by atoms with Gasteiger partial charge in [0.25, 0.3) is 0 Å². The molecule has 4 heteroatoms. The van der Waals surface area contributed by atoms with Crippen LogP contribution < -0.4 is 5.32 Å². The maximum atomic E-state index is 11.6. The number of benzene rings is 1. The smallest absolute Gasteiger partial charge is 0.175 e. The van der Waals surface area contributed by atoms with Crippen LogP contribution in [0.5, 0.6) is 0 Å². The maximum Gasteiger partial charge on any atom is 0.175 e. The Labute approximate surface area is 129 Å². The van der Waals surface area contributed by atoms with E-state index in [-0.39, 0.29) is 0 Å². The average molecular weight is 309 g/mol. The first kappa shape index (κ1) is 16.5. The van der Waals surface area contributed by atoms with Crippen LogP contribution >= 0.6 is 0 Å². The lowest BCUT2D eigenvalue weighted by Gasteiger charge is -2.34. The monoisotopic (exact) mass is 309 g/mol. The minimum atomic E-state index is -3.11. The summed E-state index contributed by atoms with van der Waals surface area (Å²) in [7, 11) is -3.11. The SMILES string of the molecule is CCNC(c1ccc(S(C)(=O)=O)cc1)C1CCCC(C)C1. The number of rotatable bonds is 5. The van der Waals surface area contributed by atoms with Gasteiger partial charge in [-0.1, -0.05) is 38.8 Å². The topological polar surface area (TPSA) is 46.2 Å². The van der Waals surface area contributed by atoms with Gasteiger partial charge in [0.05, 0.1) is 4.90 Å². The molecule has 1 N–H and O–H groups in total. The normalized spacial score (nSPS) is 24.7. The first-order valence-electron chi connectivity index (χ1n) is 7.95. The van der Waals surface area contributed by atoms with E-state index >= 15 is 0 Å². The fourth-order valence-corrected chi connectivity index (χ4v) is 4.11. The summed E-state index contributed by atoms with van der Waals surface area (Å²) in [6, 6.07) is 7.76. The molecule has 0 saturated heterocycles. The molecule has 3 unspecified atom stereocenters. The number of hydrogen-bond acceptors (Lipinski definition) is 3. The van der Waals surface area contributed by atoms with Crippen LogP contribution in [0.2, 0.25) is 0 Å². The minimum absolute atomic E-state index is 0.339. The van der Waals surface area contributed by atoms with E-state index in [0.29, 0.717) is 16.9 Å². The van der Waals surface area contributed by atoms with Gasteiger partial charge >= 0.3 is 0 Å². The Morgan fingerprint density at radius 1 is 1.24 bits per heavy atom. The second-order valence-corrected chi connectivity index (χ2v) is 8.42. The van der Waals surface area contributed by atoms with Gasteiger partial charge in [-0.2, -0.15) is 0 Å². The van der Waals surface area contributed by atoms with Gasteiger partial charge in [-0.25, -0.2) is 8.42 Å². The highest BCUT2D eigenvalue weighted by molar-refractivity contribution is 7.90. The molecule has 0 amide bonds. The summed E-state index contributed by atoms with van der Waals surface area (Å²) in [6.45, 7) is 5.40. The van der Waals surface area contributed by atoms with Gasteiger partial charge < -0.3 is 5.32 Å². The number of hydrogen-bond donors (Lipinski definition) is 1. The summed E-state index contributed by atoms with van der Waals surface area (Å²) in [5, 5.41) is 3.60. The zero-order chi connectivity index (χ0) is 15.5. The summed E-state index contributed by atoms with van der Waals surface area (Å²) in [4.78, 5) is 0.401. The van der Waals surface area contributed by atoms with Crippen LogP contribution in [-0.4, -0.2) is 21.2 Å². The van der Waals surface area contributed by atoms with Crippen molar-refractivity contribution >= 4 is 9.84 Å². The molecule has 3 atom stereocenters. The van der Waals surface area contributed by atoms with E-state index in [4.69, 9.17) is 0 Å². The molecule has 1 saturated carbocycles. The van der Waals surface area contributed by atoms with Gasteiger partial charge in [-0.15, -0.1) is 0 Å². The molecular formula is C17H27NO2S. The third-order valence-corrected chi connectivity index (χ3v) is 5.67. The van der Waals surface area contributed by atoms with Gasteiger partial charge in [0.2, 0.25) is 0 Å². The van der Waals surface area contributed by atoms with E-state index in [0.717, 1.165) is 12.5 Å². The predicted molar refractivity (Wildman–Crippen MR) is 87.1 cm³/mol. The lowest BCUT2D eigenvalue weighted by Crippen LogP contribution is -2.31. The lowest BCUT2D eigenvalue weighted by atomic mass is 9.76. The molecule has 3 nitrogen and oxygen atoms in total. The van der Waals surface area contributed by atoms with Gasteiger partial charge in [-0.3, -0.25) is 0 Å². The Morgan fingerprint density at radius 2 is 1.90 bits per heavy atom. The Kier molecular flexibility index (Phi) is 5.44. The minimum Gasteiger partial charge on any atom is -0.310 e. The Morgan fingerprint density at radius 3 is 2.43 bits per heavy atom. The molecule has 0 aliphatic heterocycles. The summed E-state index contributed by atoms with van der Waals surface area (Å²) < 4.78 is 23.1. The summed E-state index contributed by atoms with van der Waals surface area (Å²) in [6.07, 6.45) is 6.41. The second-order valence-electron chi connectivity index (χ2n) is 6.41. The van der Waals surface area contributed by atoms with E-state index in [1.54, 1.807) is 12.1 Å². The van der Waals surface area contributed by atoms with Crippen LogP contribution in [0.15, 0.2) is 29.2 Å². The van der Waals surface area contributed by atoms with Crippen molar-refractivity contribution in [2.24, 2.45) is 11.8 Å². The third-order valence-electron chi connectivity index (χ3n) is 4.54. The largest absolute Gasteiger partial charge is 0.310 e. The van der Waals surface area contributed by atoms with Crippen LogP contribution in [0.4, 0.5) is 0 Å². The molecule has 118 valence electrons. The fourth-order valence-electron chi connectivity index (χ4n) is 3.48. The molecule has 0 spiro atoms. The molecule has 1 aromatic rings. The van der Waals surface area contributed by atoms with Crippen molar-refractivity contribution in [3.8, 4) is 0 Å². The molecule has 0 radical (unpaired) electrons. The second kappa shape index (κ2) is 6.93. The van der Waals surface area contributed by atoms with Crippen LogP contribution in [0, 0.1) is 11.8 Å². The van der Waals surface area contributed by atoms with Crippen molar-refractivity contribution < 1.29 is 8.42 Å². The molecular weight excluding hydrogens is 282 g/mol. The first-order valence-corrected chi connectivity index (χ1v) is 9.84. The third kappa shape index (κ3) is 4.30. The van der Waals surface area contributed by atoms with E-state index in [2.05, 4.69) is 19.2 Å². The summed E-state index contributed by atoms with van der Waals surface area (Å²) in [5.41, 5.74) is 1.21. The number of nitrogens with one attached hydrogen (secondary N) is 1. The Bertz CT molecular complexity index is 551. The zero-order valence-corrected chi connectivity index (χ0v) is 14.1. The van der Waals surface area contributed by atoms with Crippen molar-refractivity contribution in [3.63, 3.8) is 0 Å². The fraction of sp³-hybridized carbons (Fsp3) is 0.647. The highest BCUT2D eigenvalue weighted by Gasteiger charge is 2.27. The van der Waals surface area contributed by atoms with Crippen molar-refractivity contribution in [2.75, 3.05) is 12.8 Å². The van der Waals surface area contributed by atoms with Gasteiger partial charge in [-0.05, 0) is 48.9 Å². The highest BCUT2D eigenvalue weighted by Crippen LogP contribution is 2.37. The van der Waals surface area contributed by atoms with E-state index in [1.807, 2.05) is 12.1 Å². The van der Waals surface area contributed by atoms with Crippen LogP contribution in [0.3, 0.4) is 0 Å². The quantitative estimate of drug-likeness (QED) is 0.904. The van der Waals surface area contributed by atoms with Gasteiger partial charge in [0, 0.05) is 12.3 Å². The van der Waals surface area contributed by atoms with E-state index in [9.17, 15) is 8.42 Å². The van der Waals surface area contributed by atoms with Crippen LogP contribution in [0.25, 0.3) is 0 Å². The average Bonchev–Trinajstić information content (AvgIpc) is 2.44. The summed E-state index contributed by atoms with van der Waals surface area (Å²) >= 11 is 0. The Balaban J connectivity index is 2.21. The molecule has 1 aliphatic carbocycles. The van der Waals surface area contributed by atoms with Crippen LogP contribution in [0.1, 0.15) is 51.1 Å². The molecule has 1 aliphatic rings. The molecule has 2 rings (SSSR count). The predicted octanol–water partition coefficient (Wildman–Crippen LogP) is 3.57. The molecule has 0 bridgehead atoms. The molecule has 0 aromatic heterocycles. The molecule has 1 fully saturated rings. The summed E-state index contributed by atoms with van der Waals surface area (Å²) in [5.74, 6) is 1.44. The van der Waals surface area contributed by atoms with Crippen molar-refractivity contribution in [3.05, 3.63) is 29.8 Å². The molecule has 1 aromatic carbocycles. The first-order chi connectivity index (χ1) is 9.91. The van der Waals surface area contributed by atoms with Gasteiger partial charge in [0.1, 0.15) is 0 Å². The standard InChI is InChI=1S/C17H27NO2S/c1-4-18-17(15-7-5-6-13(2)12-15)14-8-10-16(11-9-14)21(3,19)20/h8-11,13,15,17-18H,4-7,12H2,1-3H3. The maximum absolute atomic E-state index is 11.6. The lowest BCUT2D eigenvalue weighted by molar-refractivity contribution is 0.225.